The Morgan fingerprint density at radius 2 is 1.89 bits per heavy atom. The van der Waals surface area contributed by atoms with Gasteiger partial charge in [-0.2, -0.15) is 0 Å². The second-order valence-electron chi connectivity index (χ2n) is 5.88. The number of hydrogen-bond acceptors (Lipinski definition) is 2. The zero-order valence-electron chi connectivity index (χ0n) is 10.9. The van der Waals surface area contributed by atoms with Gasteiger partial charge in [0.1, 0.15) is 0 Å². The van der Waals surface area contributed by atoms with E-state index in [9.17, 15) is 0 Å². The first-order chi connectivity index (χ1) is 9.22. The van der Waals surface area contributed by atoms with E-state index >= 15 is 0 Å². The van der Waals surface area contributed by atoms with Crippen LogP contribution in [0.4, 0.5) is 0 Å². The third-order valence-corrected chi connectivity index (χ3v) is 5.73. The number of fused-ring (bicyclic) bond motifs is 1. The molecule has 104 valence electrons. The van der Waals surface area contributed by atoms with Gasteiger partial charge in [-0.15, -0.1) is 0 Å². The highest BCUT2D eigenvalue weighted by Gasteiger charge is 2.53. The predicted molar refractivity (Wildman–Crippen MR) is 80.2 cm³/mol. The van der Waals surface area contributed by atoms with Crippen LogP contribution >= 0.6 is 23.2 Å². The minimum atomic E-state index is 0.323. The number of benzene rings is 1. The van der Waals surface area contributed by atoms with E-state index < -0.39 is 0 Å². The topological polar surface area (TPSA) is 38.0 Å². The zero-order chi connectivity index (χ0) is 13.4. The van der Waals surface area contributed by atoms with E-state index in [-0.39, 0.29) is 0 Å². The molecule has 0 aliphatic heterocycles. The first-order valence-electron chi connectivity index (χ1n) is 7.11. The molecule has 3 rings (SSSR count). The van der Waals surface area contributed by atoms with Crippen molar-refractivity contribution in [2.24, 2.45) is 23.6 Å². The van der Waals surface area contributed by atoms with Crippen LogP contribution in [-0.4, -0.2) is 6.04 Å². The highest BCUT2D eigenvalue weighted by molar-refractivity contribution is 6.42. The second kappa shape index (κ2) is 5.61. The van der Waals surface area contributed by atoms with E-state index in [2.05, 4.69) is 5.43 Å². The van der Waals surface area contributed by atoms with Crippen molar-refractivity contribution in [3.63, 3.8) is 0 Å². The van der Waals surface area contributed by atoms with Crippen LogP contribution in [-0.2, 0) is 6.42 Å². The van der Waals surface area contributed by atoms with Crippen LogP contribution in [0.25, 0.3) is 0 Å². The average molecular weight is 299 g/mol. The molecule has 0 spiro atoms. The van der Waals surface area contributed by atoms with Gasteiger partial charge in [-0.05, 0) is 48.6 Å². The lowest BCUT2D eigenvalue weighted by molar-refractivity contribution is 0.437. The van der Waals surface area contributed by atoms with Crippen LogP contribution in [0.1, 0.15) is 31.2 Å². The summed E-state index contributed by atoms with van der Waals surface area (Å²) >= 11 is 12.3. The van der Waals surface area contributed by atoms with Crippen molar-refractivity contribution < 1.29 is 0 Å². The van der Waals surface area contributed by atoms with Gasteiger partial charge in [0.2, 0.25) is 0 Å². The van der Waals surface area contributed by atoms with Gasteiger partial charge in [0, 0.05) is 6.04 Å². The van der Waals surface area contributed by atoms with Gasteiger partial charge in [0.25, 0.3) is 0 Å². The van der Waals surface area contributed by atoms with Crippen LogP contribution in [0.15, 0.2) is 18.2 Å². The lowest BCUT2D eigenvalue weighted by Crippen LogP contribution is -2.39. The summed E-state index contributed by atoms with van der Waals surface area (Å²) in [6.07, 6.45) is 6.38. The quantitative estimate of drug-likeness (QED) is 0.655. The largest absolute Gasteiger partial charge is 0.271 e. The second-order valence-corrected chi connectivity index (χ2v) is 6.66. The van der Waals surface area contributed by atoms with Crippen LogP contribution in [0.3, 0.4) is 0 Å². The monoisotopic (exact) mass is 298 g/mol. The molecule has 2 nitrogen and oxygen atoms in total. The Morgan fingerprint density at radius 3 is 2.53 bits per heavy atom. The fourth-order valence-electron chi connectivity index (χ4n) is 3.89. The highest BCUT2D eigenvalue weighted by atomic mass is 35.5. The van der Waals surface area contributed by atoms with Crippen molar-refractivity contribution in [1.29, 1.82) is 0 Å². The van der Waals surface area contributed by atoms with Crippen LogP contribution < -0.4 is 11.3 Å². The van der Waals surface area contributed by atoms with Gasteiger partial charge >= 0.3 is 0 Å². The molecule has 2 aliphatic carbocycles. The number of hydrazine groups is 1. The molecule has 0 bridgehead atoms. The molecule has 19 heavy (non-hydrogen) atoms. The molecule has 0 radical (unpaired) electrons. The molecule has 0 amide bonds. The maximum Gasteiger partial charge on any atom is 0.0624 e. The zero-order valence-corrected chi connectivity index (χ0v) is 12.4. The van der Waals surface area contributed by atoms with Crippen LogP contribution in [0.5, 0.6) is 0 Å². The number of rotatable bonds is 4. The Bertz CT molecular complexity index is 451. The third-order valence-electron chi connectivity index (χ3n) is 4.87. The van der Waals surface area contributed by atoms with Crippen LogP contribution in [0, 0.1) is 17.8 Å². The van der Waals surface area contributed by atoms with Gasteiger partial charge in [-0.3, -0.25) is 11.3 Å². The molecule has 1 aromatic rings. The molecule has 2 saturated carbocycles. The summed E-state index contributed by atoms with van der Waals surface area (Å²) in [4.78, 5) is 0. The minimum Gasteiger partial charge on any atom is -0.271 e. The minimum absolute atomic E-state index is 0.323. The molecule has 0 saturated heterocycles. The van der Waals surface area contributed by atoms with Gasteiger partial charge < -0.3 is 0 Å². The molecular weight excluding hydrogens is 279 g/mol. The third kappa shape index (κ3) is 2.64. The van der Waals surface area contributed by atoms with E-state index in [1.165, 1.54) is 25.7 Å². The highest BCUT2D eigenvalue weighted by Crippen LogP contribution is 2.57. The number of nitrogens with one attached hydrogen (secondary N) is 1. The smallest absolute Gasteiger partial charge is 0.0624 e. The molecule has 0 heterocycles. The van der Waals surface area contributed by atoms with Crippen molar-refractivity contribution in [1.82, 2.24) is 5.43 Å². The first kappa shape index (κ1) is 13.7. The summed E-state index contributed by atoms with van der Waals surface area (Å²) < 4.78 is 0. The molecule has 3 atom stereocenters. The SMILES string of the molecule is NNC(Cc1cccc(Cl)c1Cl)C1C2CCCCC21. The van der Waals surface area contributed by atoms with E-state index in [0.29, 0.717) is 16.1 Å². The average Bonchev–Trinajstić information content (AvgIpc) is 3.15. The number of halogens is 2. The van der Waals surface area contributed by atoms with Crippen molar-refractivity contribution in [2.75, 3.05) is 0 Å². The maximum absolute atomic E-state index is 6.27. The van der Waals surface area contributed by atoms with E-state index in [0.717, 1.165) is 29.7 Å². The van der Waals surface area contributed by atoms with Gasteiger partial charge in [0.05, 0.1) is 10.0 Å². The molecule has 2 aliphatic rings. The summed E-state index contributed by atoms with van der Waals surface area (Å²) in [7, 11) is 0. The van der Waals surface area contributed by atoms with Crippen molar-refractivity contribution in [3.8, 4) is 0 Å². The predicted octanol–water partition coefficient (Wildman–Crippen LogP) is 3.80. The fraction of sp³-hybridized carbons (Fsp3) is 0.600. The summed E-state index contributed by atoms with van der Waals surface area (Å²) in [6, 6.07) is 6.15. The van der Waals surface area contributed by atoms with Crippen molar-refractivity contribution >= 4 is 23.2 Å². The molecular formula is C15H20Cl2N2. The standard InChI is InChI=1S/C15H20Cl2N2/c16-12-7-3-4-9(15(12)17)8-13(19-18)14-10-5-1-2-6-11(10)14/h3-4,7,10-11,13-14,19H,1-2,5-6,8,18H2. The lowest BCUT2D eigenvalue weighted by Gasteiger charge is -2.17. The number of hydrogen-bond donors (Lipinski definition) is 2. The fourth-order valence-corrected chi connectivity index (χ4v) is 4.29. The summed E-state index contributed by atoms with van der Waals surface area (Å²) in [5.41, 5.74) is 4.11. The Kier molecular flexibility index (Phi) is 4.04. The van der Waals surface area contributed by atoms with E-state index in [4.69, 9.17) is 29.0 Å². The lowest BCUT2D eigenvalue weighted by atomic mass is 10.0. The Hall–Kier alpha value is -0.280. The van der Waals surface area contributed by atoms with Gasteiger partial charge in [-0.1, -0.05) is 48.2 Å². The molecule has 1 aromatic carbocycles. The Balaban J connectivity index is 1.72. The maximum atomic E-state index is 6.27. The normalized spacial score (nSPS) is 30.8. The van der Waals surface area contributed by atoms with Gasteiger partial charge in [0.15, 0.2) is 0 Å². The van der Waals surface area contributed by atoms with Crippen LogP contribution in [0.2, 0.25) is 10.0 Å². The molecule has 0 aromatic heterocycles. The summed E-state index contributed by atoms with van der Waals surface area (Å²) in [6.45, 7) is 0. The van der Waals surface area contributed by atoms with E-state index in [1.54, 1.807) is 0 Å². The Morgan fingerprint density at radius 1 is 1.21 bits per heavy atom. The summed E-state index contributed by atoms with van der Waals surface area (Å²) in [5, 5.41) is 1.30. The Labute approximate surface area is 124 Å². The van der Waals surface area contributed by atoms with Gasteiger partial charge in [-0.25, -0.2) is 0 Å². The molecule has 3 N–H and O–H groups in total. The number of nitrogens with two attached hydrogens (primary N) is 1. The molecule has 2 fully saturated rings. The molecule has 4 heteroatoms. The van der Waals surface area contributed by atoms with Crippen molar-refractivity contribution in [3.05, 3.63) is 33.8 Å². The molecule has 3 unspecified atom stereocenters. The van der Waals surface area contributed by atoms with E-state index in [1.807, 2.05) is 18.2 Å². The van der Waals surface area contributed by atoms with Crippen molar-refractivity contribution in [2.45, 2.75) is 38.1 Å². The first-order valence-corrected chi connectivity index (χ1v) is 7.87. The summed E-state index contributed by atoms with van der Waals surface area (Å²) in [5.74, 6) is 8.27.